The lowest BCUT2D eigenvalue weighted by molar-refractivity contribution is 0.0599. The second-order valence-corrected chi connectivity index (χ2v) is 9.53. The Labute approximate surface area is 197 Å². The summed E-state index contributed by atoms with van der Waals surface area (Å²) in [5, 5.41) is 2.68. The minimum atomic E-state index is -4.06. The number of esters is 1. The molecule has 0 spiro atoms. The summed E-state index contributed by atoms with van der Waals surface area (Å²) >= 11 is 6.16. The van der Waals surface area contributed by atoms with Gasteiger partial charge in [-0.1, -0.05) is 23.7 Å². The number of anilines is 2. The maximum Gasteiger partial charge on any atom is 0.338 e. The number of halogens is 1. The van der Waals surface area contributed by atoms with Crippen LogP contribution in [0.1, 0.15) is 37.4 Å². The van der Waals surface area contributed by atoms with E-state index < -0.39 is 21.9 Å². The van der Waals surface area contributed by atoms with Crippen molar-refractivity contribution < 1.29 is 22.7 Å². The van der Waals surface area contributed by atoms with E-state index in [4.69, 9.17) is 16.3 Å². The standard InChI is InChI=1S/C24H23ClN2O5S/c1-14-8-10-18(12-15(14)2)27-33(30,31)22-13-17(9-11-20(22)25)23(28)26-21-7-5-6-19(16(21)3)24(29)32-4/h5-13,27H,1-4H3,(H,26,28). The van der Waals surface area contributed by atoms with Crippen molar-refractivity contribution in [3.8, 4) is 0 Å². The highest BCUT2D eigenvalue weighted by Crippen LogP contribution is 2.27. The van der Waals surface area contributed by atoms with Crippen LogP contribution in [-0.2, 0) is 14.8 Å². The van der Waals surface area contributed by atoms with Gasteiger partial charge in [-0.15, -0.1) is 0 Å². The average Bonchev–Trinajstić information content (AvgIpc) is 2.77. The molecular weight excluding hydrogens is 464 g/mol. The first kappa shape index (κ1) is 24.3. The summed E-state index contributed by atoms with van der Waals surface area (Å²) in [6.07, 6.45) is 0. The molecule has 0 unspecified atom stereocenters. The molecule has 0 heterocycles. The number of carbonyl (C=O) groups is 2. The van der Waals surface area contributed by atoms with E-state index in [1.807, 2.05) is 19.9 Å². The minimum Gasteiger partial charge on any atom is -0.465 e. The first-order chi connectivity index (χ1) is 15.5. The Bertz CT molecular complexity index is 1350. The number of nitrogens with one attached hydrogen (secondary N) is 2. The molecule has 3 rings (SSSR count). The Hall–Kier alpha value is -3.36. The quantitative estimate of drug-likeness (QED) is 0.472. The lowest BCUT2D eigenvalue weighted by Gasteiger charge is -2.14. The highest BCUT2D eigenvalue weighted by Gasteiger charge is 2.21. The fourth-order valence-electron chi connectivity index (χ4n) is 3.16. The van der Waals surface area contributed by atoms with E-state index >= 15 is 0 Å². The number of sulfonamides is 1. The van der Waals surface area contributed by atoms with Crippen molar-refractivity contribution in [3.05, 3.63) is 87.4 Å². The van der Waals surface area contributed by atoms with Gasteiger partial charge in [-0.05, 0) is 79.9 Å². The summed E-state index contributed by atoms with van der Waals surface area (Å²) in [7, 11) is -2.78. The third kappa shape index (κ3) is 5.35. The van der Waals surface area contributed by atoms with Gasteiger partial charge in [0.15, 0.2) is 0 Å². The summed E-state index contributed by atoms with van der Waals surface area (Å²) in [5.41, 5.74) is 3.67. The molecule has 7 nitrogen and oxygen atoms in total. The molecule has 0 aliphatic heterocycles. The van der Waals surface area contributed by atoms with Crippen LogP contribution < -0.4 is 10.0 Å². The molecule has 0 aliphatic carbocycles. The van der Waals surface area contributed by atoms with Crippen molar-refractivity contribution in [2.45, 2.75) is 25.7 Å². The average molecular weight is 487 g/mol. The summed E-state index contributed by atoms with van der Waals surface area (Å²) in [6, 6.07) is 14.0. The number of rotatable bonds is 6. The van der Waals surface area contributed by atoms with Crippen molar-refractivity contribution >= 4 is 44.9 Å². The van der Waals surface area contributed by atoms with Gasteiger partial charge in [-0.25, -0.2) is 13.2 Å². The molecular formula is C24H23ClN2O5S. The number of aryl methyl sites for hydroxylation is 2. The van der Waals surface area contributed by atoms with Crippen LogP contribution in [0.15, 0.2) is 59.5 Å². The Kier molecular flexibility index (Phi) is 7.09. The maximum absolute atomic E-state index is 13.0. The highest BCUT2D eigenvalue weighted by molar-refractivity contribution is 7.92. The van der Waals surface area contributed by atoms with Crippen molar-refractivity contribution in [1.29, 1.82) is 0 Å². The lowest BCUT2D eigenvalue weighted by atomic mass is 10.1. The molecule has 0 aromatic heterocycles. The molecule has 172 valence electrons. The SMILES string of the molecule is COC(=O)c1cccc(NC(=O)c2ccc(Cl)c(S(=O)(=O)Nc3ccc(C)c(C)c3)c2)c1C. The Morgan fingerprint density at radius 2 is 1.67 bits per heavy atom. The smallest absolute Gasteiger partial charge is 0.338 e. The molecule has 0 radical (unpaired) electrons. The topological polar surface area (TPSA) is 102 Å². The van der Waals surface area contributed by atoms with Gasteiger partial charge in [0.05, 0.1) is 17.7 Å². The number of hydrogen-bond acceptors (Lipinski definition) is 5. The van der Waals surface area contributed by atoms with Crippen LogP contribution >= 0.6 is 11.6 Å². The van der Waals surface area contributed by atoms with Crippen LogP contribution in [0, 0.1) is 20.8 Å². The maximum atomic E-state index is 13.0. The number of benzene rings is 3. The van der Waals surface area contributed by atoms with Crippen LogP contribution in [0.5, 0.6) is 0 Å². The summed E-state index contributed by atoms with van der Waals surface area (Å²) in [5.74, 6) is -1.08. The van der Waals surface area contributed by atoms with Gasteiger partial charge in [0.1, 0.15) is 4.90 Å². The number of methoxy groups -OCH3 is 1. The van der Waals surface area contributed by atoms with Crippen molar-refractivity contribution in [2.24, 2.45) is 0 Å². The molecule has 0 atom stereocenters. The first-order valence-corrected chi connectivity index (χ1v) is 11.8. The van der Waals surface area contributed by atoms with Gasteiger partial charge in [0.25, 0.3) is 15.9 Å². The fraction of sp³-hybridized carbons (Fsp3) is 0.167. The molecule has 3 aromatic carbocycles. The molecule has 0 saturated carbocycles. The number of amides is 1. The molecule has 0 bridgehead atoms. The van der Waals surface area contributed by atoms with Crippen molar-refractivity contribution in [3.63, 3.8) is 0 Å². The van der Waals surface area contributed by atoms with E-state index in [1.165, 1.54) is 25.3 Å². The van der Waals surface area contributed by atoms with E-state index in [0.29, 0.717) is 22.5 Å². The van der Waals surface area contributed by atoms with Crippen LogP contribution in [0.3, 0.4) is 0 Å². The number of ether oxygens (including phenoxy) is 1. The zero-order valence-corrected chi connectivity index (χ0v) is 20.1. The van der Waals surface area contributed by atoms with Crippen LogP contribution in [0.2, 0.25) is 5.02 Å². The van der Waals surface area contributed by atoms with E-state index in [-0.39, 0.29) is 15.5 Å². The second-order valence-electron chi connectivity index (χ2n) is 7.47. The van der Waals surface area contributed by atoms with Gasteiger partial charge in [0.2, 0.25) is 0 Å². The Morgan fingerprint density at radius 1 is 0.939 bits per heavy atom. The zero-order valence-electron chi connectivity index (χ0n) is 18.5. The zero-order chi connectivity index (χ0) is 24.3. The summed E-state index contributed by atoms with van der Waals surface area (Å²) < 4.78 is 33.2. The van der Waals surface area contributed by atoms with Gasteiger partial charge >= 0.3 is 5.97 Å². The van der Waals surface area contributed by atoms with E-state index in [1.54, 1.807) is 37.3 Å². The van der Waals surface area contributed by atoms with Crippen molar-refractivity contribution in [2.75, 3.05) is 17.1 Å². The predicted molar refractivity (Wildman–Crippen MR) is 129 cm³/mol. The van der Waals surface area contributed by atoms with Crippen LogP contribution in [0.4, 0.5) is 11.4 Å². The third-order valence-corrected chi connectivity index (χ3v) is 7.09. The molecule has 2 N–H and O–H groups in total. The monoisotopic (exact) mass is 486 g/mol. The predicted octanol–water partition coefficient (Wildman–Crippen LogP) is 5.10. The fourth-order valence-corrected chi connectivity index (χ4v) is 4.74. The van der Waals surface area contributed by atoms with Gasteiger partial charge in [-0.3, -0.25) is 9.52 Å². The van der Waals surface area contributed by atoms with E-state index in [0.717, 1.165) is 11.1 Å². The molecule has 3 aromatic rings. The molecule has 0 saturated heterocycles. The third-order valence-electron chi connectivity index (χ3n) is 5.23. The Balaban J connectivity index is 1.90. The van der Waals surface area contributed by atoms with E-state index in [2.05, 4.69) is 10.0 Å². The number of hydrogen-bond donors (Lipinski definition) is 2. The second kappa shape index (κ2) is 9.64. The normalized spacial score (nSPS) is 11.1. The van der Waals surface area contributed by atoms with Crippen LogP contribution in [0.25, 0.3) is 0 Å². The molecule has 0 aliphatic rings. The van der Waals surface area contributed by atoms with E-state index in [9.17, 15) is 18.0 Å². The van der Waals surface area contributed by atoms with Crippen LogP contribution in [-0.4, -0.2) is 27.4 Å². The highest BCUT2D eigenvalue weighted by atomic mass is 35.5. The summed E-state index contributed by atoms with van der Waals surface area (Å²) in [6.45, 7) is 5.48. The molecule has 1 amide bonds. The summed E-state index contributed by atoms with van der Waals surface area (Å²) in [4.78, 5) is 24.5. The minimum absolute atomic E-state index is 0.0215. The molecule has 0 fully saturated rings. The lowest BCUT2D eigenvalue weighted by Crippen LogP contribution is -2.17. The van der Waals surface area contributed by atoms with Gasteiger partial charge < -0.3 is 10.1 Å². The van der Waals surface area contributed by atoms with Gasteiger partial charge in [0, 0.05) is 16.9 Å². The largest absolute Gasteiger partial charge is 0.465 e. The molecule has 9 heteroatoms. The Morgan fingerprint density at radius 3 is 2.33 bits per heavy atom. The van der Waals surface area contributed by atoms with Crippen molar-refractivity contribution in [1.82, 2.24) is 0 Å². The number of carbonyl (C=O) groups excluding carboxylic acids is 2. The molecule has 33 heavy (non-hydrogen) atoms. The first-order valence-electron chi connectivity index (χ1n) is 9.92. The van der Waals surface area contributed by atoms with Gasteiger partial charge in [-0.2, -0.15) is 0 Å².